The lowest BCUT2D eigenvalue weighted by atomic mass is 10.2. The maximum atomic E-state index is 11.8. The third-order valence-electron chi connectivity index (χ3n) is 4.08. The highest BCUT2D eigenvalue weighted by Gasteiger charge is 2.16. The van der Waals surface area contributed by atoms with Crippen molar-refractivity contribution in [1.29, 1.82) is 0 Å². The van der Waals surface area contributed by atoms with E-state index in [4.69, 9.17) is 4.74 Å². The molecule has 1 saturated heterocycles. The third kappa shape index (κ3) is 7.04. The third-order valence-corrected chi connectivity index (χ3v) is 5.10. The fraction of sp³-hybridized carbons (Fsp3) is 0.667. The molecule has 1 aliphatic rings. The van der Waals surface area contributed by atoms with Gasteiger partial charge in [-0.3, -0.25) is 4.79 Å². The van der Waals surface area contributed by atoms with Crippen LogP contribution in [0.5, 0.6) is 0 Å². The van der Waals surface area contributed by atoms with Gasteiger partial charge >= 0.3 is 0 Å². The second-order valence-electron chi connectivity index (χ2n) is 6.73. The zero-order valence-electron chi connectivity index (χ0n) is 15.7. The molecule has 140 valence electrons. The number of carbonyl (C=O) groups excluding carboxylic acids is 1. The number of amides is 1. The van der Waals surface area contributed by atoms with Crippen LogP contribution in [0.4, 0.5) is 0 Å². The number of thiophene rings is 1. The van der Waals surface area contributed by atoms with Crippen molar-refractivity contribution < 1.29 is 9.53 Å². The van der Waals surface area contributed by atoms with Crippen molar-refractivity contribution in [3.63, 3.8) is 0 Å². The van der Waals surface area contributed by atoms with Crippen molar-refractivity contribution in [1.82, 2.24) is 15.5 Å². The van der Waals surface area contributed by atoms with E-state index in [2.05, 4.69) is 41.6 Å². The monoisotopic (exact) mass is 366 g/mol. The zero-order chi connectivity index (χ0) is 18.2. The molecule has 2 heterocycles. The molecule has 0 saturated carbocycles. The number of rotatable bonds is 7. The topological polar surface area (TPSA) is 66.0 Å². The quantitative estimate of drug-likeness (QED) is 0.570. The van der Waals surface area contributed by atoms with Crippen molar-refractivity contribution in [2.75, 3.05) is 33.8 Å². The standard InChI is InChI=1S/C18H30N4O2S/c1-13(10-16-8-7-14(2)25-16)21-18(20-12-17(23)22(3)4)19-11-15-6-5-9-24-15/h7-8,13,15H,5-6,9-12H2,1-4H3,(H2,19,20,21). The van der Waals surface area contributed by atoms with Crippen LogP contribution in [0.2, 0.25) is 0 Å². The predicted molar refractivity (Wildman–Crippen MR) is 103 cm³/mol. The molecular formula is C18H30N4O2S. The average molecular weight is 367 g/mol. The van der Waals surface area contributed by atoms with Crippen LogP contribution in [-0.4, -0.2) is 62.7 Å². The summed E-state index contributed by atoms with van der Waals surface area (Å²) in [6.45, 7) is 5.94. The zero-order valence-corrected chi connectivity index (χ0v) is 16.5. The smallest absolute Gasteiger partial charge is 0.243 e. The van der Waals surface area contributed by atoms with Gasteiger partial charge in [-0.25, -0.2) is 4.99 Å². The van der Waals surface area contributed by atoms with Crippen LogP contribution in [0.3, 0.4) is 0 Å². The number of aliphatic imine (C=N–C) groups is 1. The van der Waals surface area contributed by atoms with E-state index in [-0.39, 0.29) is 24.6 Å². The van der Waals surface area contributed by atoms with E-state index in [1.807, 2.05) is 11.3 Å². The van der Waals surface area contributed by atoms with E-state index in [9.17, 15) is 4.79 Å². The highest BCUT2D eigenvalue weighted by atomic mass is 32.1. The van der Waals surface area contributed by atoms with Gasteiger partial charge in [0.15, 0.2) is 5.96 Å². The molecule has 1 aromatic heterocycles. The van der Waals surface area contributed by atoms with E-state index >= 15 is 0 Å². The Kier molecular flexibility index (Phi) is 7.71. The number of carbonyl (C=O) groups is 1. The SMILES string of the molecule is Cc1ccc(CC(C)NC(=NCC(=O)N(C)C)NCC2CCCO2)s1. The largest absolute Gasteiger partial charge is 0.376 e. The predicted octanol–water partition coefficient (Wildman–Crippen LogP) is 1.79. The number of likely N-dealkylation sites (N-methyl/N-ethyl adjacent to an activating group) is 1. The minimum absolute atomic E-state index is 0.0141. The molecule has 7 heteroatoms. The van der Waals surface area contributed by atoms with Crippen LogP contribution >= 0.6 is 11.3 Å². The number of aryl methyl sites for hydroxylation is 1. The van der Waals surface area contributed by atoms with Gasteiger partial charge in [0.05, 0.1) is 6.10 Å². The second kappa shape index (κ2) is 9.77. The van der Waals surface area contributed by atoms with Crippen molar-refractivity contribution in [3.8, 4) is 0 Å². The Morgan fingerprint density at radius 1 is 1.48 bits per heavy atom. The normalized spacial score (nSPS) is 18.9. The van der Waals surface area contributed by atoms with E-state index in [1.165, 1.54) is 9.75 Å². The van der Waals surface area contributed by atoms with Gasteiger partial charge in [0.1, 0.15) is 6.54 Å². The van der Waals surface area contributed by atoms with Crippen molar-refractivity contribution in [3.05, 3.63) is 21.9 Å². The first-order valence-electron chi connectivity index (χ1n) is 8.86. The summed E-state index contributed by atoms with van der Waals surface area (Å²) in [6.07, 6.45) is 3.34. The fourth-order valence-electron chi connectivity index (χ4n) is 2.64. The van der Waals surface area contributed by atoms with Gasteiger partial charge in [-0.1, -0.05) is 0 Å². The number of hydrogen-bond acceptors (Lipinski definition) is 4. The Labute approximate surface area is 154 Å². The summed E-state index contributed by atoms with van der Waals surface area (Å²) in [5.74, 6) is 0.659. The minimum atomic E-state index is -0.0141. The number of hydrogen-bond donors (Lipinski definition) is 2. The Morgan fingerprint density at radius 2 is 2.28 bits per heavy atom. The molecule has 6 nitrogen and oxygen atoms in total. The van der Waals surface area contributed by atoms with Crippen LogP contribution in [0, 0.1) is 6.92 Å². The summed E-state index contributed by atoms with van der Waals surface area (Å²) in [5.41, 5.74) is 0. The molecule has 2 atom stereocenters. The number of nitrogens with one attached hydrogen (secondary N) is 2. The summed E-state index contributed by atoms with van der Waals surface area (Å²) in [7, 11) is 3.49. The maximum absolute atomic E-state index is 11.8. The average Bonchev–Trinajstić information content (AvgIpc) is 3.21. The van der Waals surface area contributed by atoms with Crippen molar-refractivity contribution >= 4 is 23.2 Å². The molecule has 0 radical (unpaired) electrons. The Bertz CT molecular complexity index is 579. The molecule has 0 aliphatic carbocycles. The van der Waals surface area contributed by atoms with E-state index in [0.29, 0.717) is 12.5 Å². The molecule has 1 amide bonds. The van der Waals surface area contributed by atoms with Gasteiger partial charge in [-0.05, 0) is 38.8 Å². The first-order valence-corrected chi connectivity index (χ1v) is 9.67. The van der Waals surface area contributed by atoms with E-state index < -0.39 is 0 Å². The molecule has 2 N–H and O–H groups in total. The van der Waals surface area contributed by atoms with E-state index in [0.717, 1.165) is 25.9 Å². The molecule has 0 spiro atoms. The number of ether oxygens (including phenoxy) is 1. The van der Waals surface area contributed by atoms with Crippen LogP contribution in [0.25, 0.3) is 0 Å². The van der Waals surface area contributed by atoms with Gasteiger partial charge in [0.2, 0.25) is 5.91 Å². The first kappa shape index (κ1) is 19.7. The lowest BCUT2D eigenvalue weighted by Crippen LogP contribution is -2.46. The second-order valence-corrected chi connectivity index (χ2v) is 8.10. The van der Waals surface area contributed by atoms with Crippen LogP contribution < -0.4 is 10.6 Å². The minimum Gasteiger partial charge on any atom is -0.376 e. The molecular weight excluding hydrogens is 336 g/mol. The summed E-state index contributed by atoms with van der Waals surface area (Å²) in [6, 6.07) is 4.54. The van der Waals surface area contributed by atoms with Crippen LogP contribution in [0.15, 0.2) is 17.1 Å². The highest BCUT2D eigenvalue weighted by molar-refractivity contribution is 7.11. The lowest BCUT2D eigenvalue weighted by molar-refractivity contribution is -0.127. The lowest BCUT2D eigenvalue weighted by Gasteiger charge is -2.20. The molecule has 2 unspecified atom stereocenters. The molecule has 1 fully saturated rings. The van der Waals surface area contributed by atoms with Gasteiger partial charge in [-0.2, -0.15) is 0 Å². The highest BCUT2D eigenvalue weighted by Crippen LogP contribution is 2.16. The van der Waals surface area contributed by atoms with Crippen molar-refractivity contribution in [2.45, 2.75) is 45.3 Å². The number of nitrogens with zero attached hydrogens (tertiary/aromatic N) is 2. The maximum Gasteiger partial charge on any atom is 0.243 e. The summed E-state index contributed by atoms with van der Waals surface area (Å²) < 4.78 is 5.65. The summed E-state index contributed by atoms with van der Waals surface area (Å²) in [5, 5.41) is 6.74. The molecule has 1 aliphatic heterocycles. The van der Waals surface area contributed by atoms with Crippen molar-refractivity contribution in [2.24, 2.45) is 4.99 Å². The van der Waals surface area contributed by atoms with Crippen LogP contribution in [0.1, 0.15) is 29.5 Å². The molecule has 0 aromatic carbocycles. The molecule has 25 heavy (non-hydrogen) atoms. The molecule has 1 aromatic rings. The molecule has 2 rings (SSSR count). The van der Waals surface area contributed by atoms with E-state index in [1.54, 1.807) is 19.0 Å². The van der Waals surface area contributed by atoms with Gasteiger partial charge < -0.3 is 20.3 Å². The Morgan fingerprint density at radius 3 is 2.88 bits per heavy atom. The van der Waals surface area contributed by atoms with Gasteiger partial charge in [0.25, 0.3) is 0 Å². The fourth-order valence-corrected chi connectivity index (χ4v) is 3.66. The first-order chi connectivity index (χ1) is 11.9. The Balaban J connectivity index is 1.91. The molecule has 0 bridgehead atoms. The van der Waals surface area contributed by atoms with Gasteiger partial charge in [-0.15, -0.1) is 11.3 Å². The Hall–Kier alpha value is -1.60. The summed E-state index contributed by atoms with van der Waals surface area (Å²) >= 11 is 1.82. The number of guanidine groups is 1. The van der Waals surface area contributed by atoms with Gasteiger partial charge in [0, 0.05) is 49.5 Å². The summed E-state index contributed by atoms with van der Waals surface area (Å²) in [4.78, 5) is 20.5. The van der Waals surface area contributed by atoms with Crippen LogP contribution in [-0.2, 0) is 16.0 Å².